The van der Waals surface area contributed by atoms with Crippen LogP contribution in [0.3, 0.4) is 0 Å². The van der Waals surface area contributed by atoms with Gasteiger partial charge in [-0.2, -0.15) is 0 Å². The number of amides is 3. The predicted molar refractivity (Wildman–Crippen MR) is 80.9 cm³/mol. The van der Waals surface area contributed by atoms with Crippen molar-refractivity contribution in [2.45, 2.75) is 38.8 Å². The van der Waals surface area contributed by atoms with Crippen LogP contribution in [0, 0.1) is 0 Å². The number of hydrogen-bond acceptors (Lipinski definition) is 4. The lowest BCUT2D eigenvalue weighted by atomic mass is 10.0. The lowest BCUT2D eigenvalue weighted by Crippen LogP contribution is -2.55. The Morgan fingerprint density at radius 2 is 1.68 bits per heavy atom. The van der Waals surface area contributed by atoms with Crippen molar-refractivity contribution in [1.29, 1.82) is 0 Å². The Morgan fingerprint density at radius 1 is 1.09 bits per heavy atom. The molecule has 0 spiro atoms. The summed E-state index contributed by atoms with van der Waals surface area (Å²) in [6, 6.07) is 5.77. The van der Waals surface area contributed by atoms with Gasteiger partial charge in [0.15, 0.2) is 12.1 Å². The second-order valence-corrected chi connectivity index (χ2v) is 5.23. The summed E-state index contributed by atoms with van der Waals surface area (Å²) in [4.78, 5) is 34.0. The third-order valence-electron chi connectivity index (χ3n) is 3.06. The van der Waals surface area contributed by atoms with Gasteiger partial charge in [-0.15, -0.1) is 0 Å². The molecule has 0 heterocycles. The van der Waals surface area contributed by atoms with Gasteiger partial charge in [0.1, 0.15) is 5.75 Å². The van der Waals surface area contributed by atoms with Gasteiger partial charge in [-0.1, -0.05) is 26.0 Å². The number of nitrogens with one attached hydrogen (secondary N) is 1. The van der Waals surface area contributed by atoms with Crippen LogP contribution in [-0.2, 0) is 14.4 Å². The van der Waals surface area contributed by atoms with E-state index in [0.717, 1.165) is 5.56 Å². The second-order valence-electron chi connectivity index (χ2n) is 5.23. The third-order valence-corrected chi connectivity index (χ3v) is 3.06. The quantitative estimate of drug-likeness (QED) is 0.615. The summed E-state index contributed by atoms with van der Waals surface area (Å²) < 4.78 is 5.51. The number of carbonyl (C=O) groups excluding carboxylic acids is 3. The fourth-order valence-corrected chi connectivity index (χ4v) is 1.75. The topological polar surface area (TPSA) is 125 Å². The molecule has 0 unspecified atom stereocenters. The molecule has 0 aromatic heterocycles. The number of carbonyl (C=O) groups is 3. The summed E-state index contributed by atoms with van der Waals surface area (Å²) in [7, 11) is 0. The molecule has 0 aliphatic heterocycles. The van der Waals surface area contributed by atoms with Gasteiger partial charge in [-0.3, -0.25) is 14.4 Å². The first-order chi connectivity index (χ1) is 10.2. The standard InChI is InChI=1S/C15H21N3O4/c1-8(2)10-5-4-6-11(7-10)22-9(3)15(21)18-12(13(16)19)14(17)20/h4-9,12H,1-3H3,(H2,16,19)(H2,17,20)(H,18,21)/t9-/m0/s1. The van der Waals surface area contributed by atoms with Gasteiger partial charge in [-0.25, -0.2) is 0 Å². The van der Waals surface area contributed by atoms with Gasteiger partial charge in [-0.05, 0) is 30.5 Å². The van der Waals surface area contributed by atoms with Gasteiger partial charge < -0.3 is 21.5 Å². The highest BCUT2D eigenvalue weighted by Crippen LogP contribution is 2.20. The lowest BCUT2D eigenvalue weighted by Gasteiger charge is -2.18. The van der Waals surface area contributed by atoms with Crippen molar-refractivity contribution in [3.8, 4) is 5.75 Å². The summed E-state index contributed by atoms with van der Waals surface area (Å²) >= 11 is 0. The van der Waals surface area contributed by atoms with Crippen molar-refractivity contribution >= 4 is 17.7 Å². The fraction of sp³-hybridized carbons (Fsp3) is 0.400. The summed E-state index contributed by atoms with van der Waals surface area (Å²) in [6.07, 6.45) is -0.913. The van der Waals surface area contributed by atoms with Gasteiger partial charge in [0.05, 0.1) is 0 Å². The van der Waals surface area contributed by atoms with Gasteiger partial charge in [0.25, 0.3) is 5.91 Å². The molecule has 120 valence electrons. The zero-order valence-electron chi connectivity index (χ0n) is 12.8. The first-order valence-electron chi connectivity index (χ1n) is 6.88. The highest BCUT2D eigenvalue weighted by Gasteiger charge is 2.26. The highest BCUT2D eigenvalue weighted by molar-refractivity contribution is 6.06. The summed E-state index contributed by atoms with van der Waals surface area (Å²) in [6.45, 7) is 5.58. The Labute approximate surface area is 129 Å². The minimum Gasteiger partial charge on any atom is -0.481 e. The number of nitrogens with two attached hydrogens (primary N) is 2. The number of ether oxygens (including phenoxy) is 1. The first kappa shape index (κ1) is 17.5. The van der Waals surface area contributed by atoms with Gasteiger partial charge in [0.2, 0.25) is 11.8 Å². The second kappa shape index (κ2) is 7.44. The molecule has 7 nitrogen and oxygen atoms in total. The molecule has 0 aliphatic carbocycles. The maximum Gasteiger partial charge on any atom is 0.261 e. The van der Waals surface area contributed by atoms with E-state index in [1.165, 1.54) is 6.92 Å². The molecule has 7 heteroatoms. The molecule has 5 N–H and O–H groups in total. The van der Waals surface area contributed by atoms with Crippen LogP contribution < -0.4 is 21.5 Å². The normalized spacial score (nSPS) is 12.0. The molecule has 22 heavy (non-hydrogen) atoms. The molecule has 1 aromatic rings. The number of benzene rings is 1. The fourth-order valence-electron chi connectivity index (χ4n) is 1.75. The first-order valence-corrected chi connectivity index (χ1v) is 6.88. The minimum absolute atomic E-state index is 0.321. The Bertz CT molecular complexity index is 558. The molecule has 0 aliphatic rings. The number of rotatable bonds is 7. The van der Waals surface area contributed by atoms with Crippen LogP contribution in [0.5, 0.6) is 5.75 Å². The summed E-state index contributed by atoms with van der Waals surface area (Å²) in [5.41, 5.74) is 11.1. The van der Waals surface area contributed by atoms with E-state index in [-0.39, 0.29) is 0 Å². The maximum atomic E-state index is 11.9. The van der Waals surface area contributed by atoms with E-state index in [1.807, 2.05) is 32.0 Å². The summed E-state index contributed by atoms with van der Waals surface area (Å²) in [5.74, 6) is -1.85. The Hall–Kier alpha value is -2.57. The average molecular weight is 307 g/mol. The van der Waals surface area contributed by atoms with E-state index in [1.54, 1.807) is 6.07 Å². The zero-order valence-corrected chi connectivity index (χ0v) is 12.8. The molecular weight excluding hydrogens is 286 g/mol. The van der Waals surface area contributed by atoms with E-state index in [9.17, 15) is 14.4 Å². The van der Waals surface area contributed by atoms with Crippen molar-refractivity contribution in [3.63, 3.8) is 0 Å². The van der Waals surface area contributed by atoms with E-state index in [2.05, 4.69) is 5.32 Å². The molecule has 0 fully saturated rings. The smallest absolute Gasteiger partial charge is 0.261 e. The van der Waals surface area contributed by atoms with E-state index in [0.29, 0.717) is 11.7 Å². The van der Waals surface area contributed by atoms with Crippen LogP contribution in [0.1, 0.15) is 32.3 Å². The molecule has 0 saturated heterocycles. The zero-order chi connectivity index (χ0) is 16.9. The van der Waals surface area contributed by atoms with Crippen molar-refractivity contribution in [1.82, 2.24) is 5.32 Å². The molecule has 0 bridgehead atoms. The van der Waals surface area contributed by atoms with Crippen LogP contribution in [0.2, 0.25) is 0 Å². The van der Waals surface area contributed by atoms with E-state index < -0.39 is 29.9 Å². The monoisotopic (exact) mass is 307 g/mol. The average Bonchev–Trinajstić information content (AvgIpc) is 2.43. The Morgan fingerprint density at radius 3 is 2.18 bits per heavy atom. The molecule has 1 rings (SSSR count). The van der Waals surface area contributed by atoms with Crippen molar-refractivity contribution < 1.29 is 19.1 Å². The van der Waals surface area contributed by atoms with Crippen LogP contribution >= 0.6 is 0 Å². The minimum atomic E-state index is -1.56. The molecular formula is C15H21N3O4. The predicted octanol–water partition coefficient (Wildman–Crippen LogP) is 0.0327. The third kappa shape index (κ3) is 4.76. The van der Waals surface area contributed by atoms with Crippen LogP contribution in [0.4, 0.5) is 0 Å². The molecule has 1 aromatic carbocycles. The number of primary amides is 2. The highest BCUT2D eigenvalue weighted by atomic mass is 16.5. The lowest BCUT2D eigenvalue weighted by molar-refractivity contribution is -0.136. The summed E-state index contributed by atoms with van der Waals surface area (Å²) in [5, 5.41) is 2.16. The van der Waals surface area contributed by atoms with Crippen molar-refractivity contribution in [3.05, 3.63) is 29.8 Å². The van der Waals surface area contributed by atoms with Crippen molar-refractivity contribution in [2.24, 2.45) is 11.5 Å². The molecule has 0 saturated carbocycles. The molecule has 0 radical (unpaired) electrons. The van der Waals surface area contributed by atoms with E-state index >= 15 is 0 Å². The van der Waals surface area contributed by atoms with Crippen molar-refractivity contribution in [2.75, 3.05) is 0 Å². The largest absolute Gasteiger partial charge is 0.481 e. The Balaban J connectivity index is 2.73. The maximum absolute atomic E-state index is 11.9. The number of hydrogen-bond donors (Lipinski definition) is 3. The molecule has 1 atom stereocenters. The SMILES string of the molecule is CC(C)c1cccc(O[C@@H](C)C(=O)NC(C(N)=O)C(N)=O)c1. The van der Waals surface area contributed by atoms with Gasteiger partial charge in [0, 0.05) is 0 Å². The molecule has 3 amide bonds. The van der Waals surface area contributed by atoms with Crippen LogP contribution in [-0.4, -0.2) is 29.9 Å². The van der Waals surface area contributed by atoms with Crippen LogP contribution in [0.25, 0.3) is 0 Å². The van der Waals surface area contributed by atoms with E-state index in [4.69, 9.17) is 16.2 Å². The van der Waals surface area contributed by atoms with Crippen LogP contribution in [0.15, 0.2) is 24.3 Å². The van der Waals surface area contributed by atoms with Gasteiger partial charge >= 0.3 is 0 Å². The Kier molecular flexibility index (Phi) is 5.91.